The lowest BCUT2D eigenvalue weighted by Gasteiger charge is -2.17. The van der Waals surface area contributed by atoms with Crippen molar-refractivity contribution < 1.29 is 46.0 Å². The maximum Gasteiger partial charge on any atom is 0.573 e. The van der Waals surface area contributed by atoms with Gasteiger partial charge in [0.2, 0.25) is 11.2 Å². The second-order valence-corrected chi connectivity index (χ2v) is 5.26. The van der Waals surface area contributed by atoms with Crippen molar-refractivity contribution in [3.8, 4) is 5.75 Å². The first-order valence-electron chi connectivity index (χ1n) is 6.66. The molecular formula is C14H10BF7NO4. The number of carboxylic acids is 1. The number of ether oxygens (including phenoxy) is 1. The molecule has 1 aliphatic carbocycles. The van der Waals surface area contributed by atoms with Gasteiger partial charge in [0.05, 0.1) is 10.9 Å². The van der Waals surface area contributed by atoms with Crippen molar-refractivity contribution in [2.24, 2.45) is 0 Å². The number of benzene rings is 1. The molecule has 0 bridgehead atoms. The van der Waals surface area contributed by atoms with Gasteiger partial charge >= 0.3 is 12.3 Å². The zero-order valence-corrected chi connectivity index (χ0v) is 13.0. The molecule has 1 aromatic carbocycles. The summed E-state index contributed by atoms with van der Waals surface area (Å²) in [5.74, 6) is -6.77. The number of alkyl halides is 3. The average Bonchev–Trinajstić information content (AvgIpc) is 3.28. The number of carboxylic acid groups (broad SMARTS) is 1. The smallest absolute Gasteiger partial charge is 0.477 e. The number of hydrogen-bond acceptors (Lipinski definition) is 3. The molecule has 1 heterocycles. The van der Waals surface area contributed by atoms with Crippen LogP contribution in [0.1, 0.15) is 29.2 Å². The fourth-order valence-electron chi connectivity index (χ4n) is 2.43. The van der Waals surface area contributed by atoms with E-state index >= 15 is 0 Å². The standard InChI is InChI=1S/C14H8F5NO4.B.2FH/c15-8-3-6-10(12(9(8)16)24-14(17,18)19)20(5-1-2-5)4-7(11(6)21)13(22)23;;;/h3-5H,1-2H2,(H,22,23);;2*1H. The molecular weight excluding hydrogens is 390 g/mol. The number of aromatic nitrogens is 1. The number of hydrogen-bond donors (Lipinski definition) is 1. The Morgan fingerprint density at radius 3 is 2.22 bits per heavy atom. The minimum Gasteiger partial charge on any atom is -0.477 e. The van der Waals surface area contributed by atoms with E-state index in [9.17, 15) is 31.5 Å². The Balaban J connectivity index is 0.00000225. The lowest BCUT2D eigenvalue weighted by molar-refractivity contribution is -0.275. The average molecular weight is 400 g/mol. The van der Waals surface area contributed by atoms with Gasteiger partial charge in [-0.15, -0.1) is 13.2 Å². The molecule has 2 aromatic rings. The van der Waals surface area contributed by atoms with Gasteiger partial charge in [-0.05, 0) is 18.9 Å². The highest BCUT2D eigenvalue weighted by molar-refractivity contribution is 5.94. The molecule has 0 aliphatic heterocycles. The third kappa shape index (κ3) is 4.34. The number of carbonyl (C=O) groups is 1. The first-order valence-corrected chi connectivity index (χ1v) is 6.66. The van der Waals surface area contributed by atoms with Crippen LogP contribution in [-0.2, 0) is 0 Å². The van der Waals surface area contributed by atoms with Crippen molar-refractivity contribution in [2.75, 3.05) is 0 Å². The summed E-state index contributed by atoms with van der Waals surface area (Å²) in [5.41, 5.74) is -2.59. The molecule has 0 amide bonds. The molecule has 13 heteroatoms. The van der Waals surface area contributed by atoms with Crippen LogP contribution < -0.4 is 10.2 Å². The van der Waals surface area contributed by atoms with Crippen molar-refractivity contribution in [3.05, 3.63) is 39.7 Å². The zero-order valence-electron chi connectivity index (χ0n) is 13.0. The van der Waals surface area contributed by atoms with Crippen molar-refractivity contribution in [1.29, 1.82) is 0 Å². The van der Waals surface area contributed by atoms with Crippen LogP contribution in [0, 0.1) is 11.6 Å². The van der Waals surface area contributed by atoms with Crippen molar-refractivity contribution in [1.82, 2.24) is 4.57 Å². The molecule has 0 atom stereocenters. The van der Waals surface area contributed by atoms with E-state index in [0.717, 1.165) is 10.8 Å². The van der Waals surface area contributed by atoms with Crippen molar-refractivity contribution in [2.45, 2.75) is 25.2 Å². The van der Waals surface area contributed by atoms with Crippen LogP contribution in [-0.4, -0.2) is 30.4 Å². The van der Waals surface area contributed by atoms with E-state index in [1.807, 2.05) is 0 Å². The number of halogens is 7. The summed E-state index contributed by atoms with van der Waals surface area (Å²) in [6, 6.07) is -0.0479. The van der Waals surface area contributed by atoms with Crippen LogP contribution in [0.25, 0.3) is 10.9 Å². The molecule has 0 unspecified atom stereocenters. The van der Waals surface area contributed by atoms with Gasteiger partial charge in [0, 0.05) is 20.7 Å². The maximum absolute atomic E-state index is 13.9. The monoisotopic (exact) mass is 400 g/mol. The second kappa shape index (κ2) is 7.88. The molecule has 1 N–H and O–H groups in total. The van der Waals surface area contributed by atoms with Gasteiger partial charge in [0.15, 0.2) is 11.6 Å². The van der Waals surface area contributed by atoms with Crippen LogP contribution >= 0.6 is 0 Å². The van der Waals surface area contributed by atoms with Gasteiger partial charge in [-0.3, -0.25) is 14.2 Å². The SMILES string of the molecule is F.F.O=C(O)c1cn(C2CC2)c2c(OC(F)(F)F)c(F)c(F)cc2c1=O.[B]. The Kier molecular flexibility index (Phi) is 7.09. The second-order valence-electron chi connectivity index (χ2n) is 5.26. The van der Waals surface area contributed by atoms with E-state index in [-0.39, 0.29) is 17.8 Å². The number of nitrogens with zero attached hydrogens (tertiary/aromatic N) is 1. The summed E-state index contributed by atoms with van der Waals surface area (Å²) in [7, 11) is 0. The predicted octanol–water partition coefficient (Wildman–Crippen LogP) is 3.14. The number of fused-ring (bicyclic) bond motifs is 1. The summed E-state index contributed by atoms with van der Waals surface area (Å²) >= 11 is 0. The third-order valence-electron chi connectivity index (χ3n) is 3.55. The van der Waals surface area contributed by atoms with Crippen LogP contribution in [0.5, 0.6) is 5.75 Å². The molecule has 3 rings (SSSR count). The molecule has 1 saturated carbocycles. The normalized spacial score (nSPS) is 13.2. The summed E-state index contributed by atoms with van der Waals surface area (Å²) < 4.78 is 69.7. The van der Waals surface area contributed by atoms with E-state index in [1.54, 1.807) is 0 Å². The Morgan fingerprint density at radius 1 is 1.22 bits per heavy atom. The minimum atomic E-state index is -5.32. The van der Waals surface area contributed by atoms with E-state index in [0.29, 0.717) is 18.9 Å². The molecule has 5 nitrogen and oxygen atoms in total. The zero-order chi connectivity index (χ0) is 17.8. The van der Waals surface area contributed by atoms with Crippen molar-refractivity contribution in [3.63, 3.8) is 0 Å². The molecule has 1 fully saturated rings. The van der Waals surface area contributed by atoms with E-state index in [4.69, 9.17) is 5.11 Å². The highest BCUT2D eigenvalue weighted by Gasteiger charge is 2.37. The van der Waals surface area contributed by atoms with Crippen LogP contribution in [0.2, 0.25) is 0 Å². The van der Waals surface area contributed by atoms with Gasteiger partial charge in [-0.25, -0.2) is 9.18 Å². The lowest BCUT2D eigenvalue weighted by Crippen LogP contribution is -2.23. The van der Waals surface area contributed by atoms with Crippen LogP contribution in [0.3, 0.4) is 0 Å². The molecule has 0 saturated heterocycles. The molecule has 1 aromatic heterocycles. The molecule has 3 radical (unpaired) electrons. The largest absolute Gasteiger partial charge is 0.573 e. The number of rotatable bonds is 3. The highest BCUT2D eigenvalue weighted by Crippen LogP contribution is 2.41. The highest BCUT2D eigenvalue weighted by atomic mass is 19.4. The van der Waals surface area contributed by atoms with E-state index in [2.05, 4.69) is 4.74 Å². The van der Waals surface area contributed by atoms with E-state index in [1.165, 1.54) is 0 Å². The molecule has 27 heavy (non-hydrogen) atoms. The number of aromatic carboxylic acids is 1. The summed E-state index contributed by atoms with van der Waals surface area (Å²) in [6.07, 6.45) is -3.52. The fourth-order valence-corrected chi connectivity index (χ4v) is 2.43. The van der Waals surface area contributed by atoms with E-state index < -0.39 is 57.7 Å². The molecule has 0 spiro atoms. The van der Waals surface area contributed by atoms with Gasteiger partial charge in [-0.2, -0.15) is 4.39 Å². The summed E-state index contributed by atoms with van der Waals surface area (Å²) in [4.78, 5) is 23.3. The first kappa shape index (κ1) is 24.3. The number of pyridine rings is 1. The Bertz CT molecular complexity index is 925. The molecule has 1 aliphatic rings. The quantitative estimate of drug-likeness (QED) is 0.635. The minimum absolute atomic E-state index is 0. The fraction of sp³-hybridized carbons (Fsp3) is 0.286. The maximum atomic E-state index is 13.9. The Hall–Kier alpha value is -2.73. The van der Waals surface area contributed by atoms with Gasteiger partial charge < -0.3 is 14.4 Å². The van der Waals surface area contributed by atoms with Crippen molar-refractivity contribution >= 4 is 25.3 Å². The molecule has 147 valence electrons. The van der Waals surface area contributed by atoms with Crippen LogP contribution in [0.15, 0.2) is 17.1 Å². The predicted molar refractivity (Wildman–Crippen MR) is 80.8 cm³/mol. The summed E-state index contributed by atoms with van der Waals surface area (Å²) in [5, 5.41) is 8.34. The summed E-state index contributed by atoms with van der Waals surface area (Å²) in [6.45, 7) is 0. The van der Waals surface area contributed by atoms with Gasteiger partial charge in [-0.1, -0.05) is 0 Å². The third-order valence-corrected chi connectivity index (χ3v) is 3.55. The lowest BCUT2D eigenvalue weighted by atomic mass is 10.1. The topological polar surface area (TPSA) is 68.5 Å². The van der Waals surface area contributed by atoms with Gasteiger partial charge in [0.25, 0.3) is 0 Å². The first-order chi connectivity index (χ1) is 11.1. The Morgan fingerprint density at radius 2 is 1.78 bits per heavy atom. The van der Waals surface area contributed by atoms with Gasteiger partial charge in [0.1, 0.15) is 5.56 Å². The Labute approximate surface area is 147 Å². The van der Waals surface area contributed by atoms with Crippen LogP contribution in [0.4, 0.5) is 31.4 Å².